The first kappa shape index (κ1) is 21.4. The van der Waals surface area contributed by atoms with Gasteiger partial charge in [0.1, 0.15) is 5.76 Å². The first-order valence-electron chi connectivity index (χ1n) is 9.73. The lowest BCUT2D eigenvalue weighted by Crippen LogP contribution is -2.29. The molecule has 3 aromatic carbocycles. The van der Waals surface area contributed by atoms with Gasteiger partial charge < -0.3 is 10.2 Å². The van der Waals surface area contributed by atoms with Gasteiger partial charge in [0.2, 0.25) is 0 Å². The maximum absolute atomic E-state index is 13.1. The van der Waals surface area contributed by atoms with Gasteiger partial charge in [-0.1, -0.05) is 42.5 Å². The van der Waals surface area contributed by atoms with Gasteiger partial charge in [-0.05, 0) is 29.8 Å². The molecule has 0 spiro atoms. The molecule has 1 amide bonds. The molecule has 1 aliphatic rings. The van der Waals surface area contributed by atoms with Crippen LogP contribution in [0.3, 0.4) is 0 Å². The number of carboxylic acids is 1. The fraction of sp³-hybridized carbons (Fsp3) is 0.0417. The number of benzene rings is 3. The number of carbonyl (C=O) groups is 3. The van der Waals surface area contributed by atoms with Crippen molar-refractivity contribution in [3.05, 3.63) is 111 Å². The SMILES string of the molecule is O=C1C(=O)N(c2ccc(C(=O)O)cc2)C(c2cccc([N+](=O)[O-])c2)C1=C(O)c1ccccc1. The van der Waals surface area contributed by atoms with Crippen molar-refractivity contribution < 1.29 is 29.5 Å². The van der Waals surface area contributed by atoms with Crippen LogP contribution >= 0.6 is 0 Å². The number of aromatic carboxylic acids is 1. The van der Waals surface area contributed by atoms with E-state index in [9.17, 15) is 29.6 Å². The fourth-order valence-corrected chi connectivity index (χ4v) is 3.74. The summed E-state index contributed by atoms with van der Waals surface area (Å²) >= 11 is 0. The zero-order valence-corrected chi connectivity index (χ0v) is 16.9. The molecule has 1 heterocycles. The first-order valence-corrected chi connectivity index (χ1v) is 9.73. The molecule has 3 aromatic rings. The number of carbonyl (C=O) groups excluding carboxylic acids is 2. The van der Waals surface area contributed by atoms with Crippen molar-refractivity contribution in [3.63, 3.8) is 0 Å². The lowest BCUT2D eigenvalue weighted by molar-refractivity contribution is -0.384. The van der Waals surface area contributed by atoms with E-state index < -0.39 is 34.4 Å². The molecule has 1 saturated heterocycles. The Kier molecular flexibility index (Phi) is 5.45. The quantitative estimate of drug-likeness (QED) is 0.200. The van der Waals surface area contributed by atoms with Crippen molar-refractivity contribution in [1.29, 1.82) is 0 Å². The van der Waals surface area contributed by atoms with E-state index in [1.807, 2.05) is 0 Å². The van der Waals surface area contributed by atoms with Crippen molar-refractivity contribution in [2.45, 2.75) is 6.04 Å². The van der Waals surface area contributed by atoms with Crippen LogP contribution in [-0.2, 0) is 9.59 Å². The van der Waals surface area contributed by atoms with Crippen LogP contribution in [0.4, 0.5) is 11.4 Å². The number of carboxylic acid groups (broad SMARTS) is 1. The van der Waals surface area contributed by atoms with E-state index >= 15 is 0 Å². The van der Waals surface area contributed by atoms with E-state index in [1.165, 1.54) is 48.5 Å². The summed E-state index contributed by atoms with van der Waals surface area (Å²) in [7, 11) is 0. The molecule has 2 N–H and O–H groups in total. The third kappa shape index (κ3) is 3.83. The summed E-state index contributed by atoms with van der Waals surface area (Å²) in [6, 6.07) is 17.7. The summed E-state index contributed by atoms with van der Waals surface area (Å²) in [5, 5.41) is 31.4. The molecular weight excluding hydrogens is 428 g/mol. The normalized spacial score (nSPS) is 17.2. The monoisotopic (exact) mass is 444 g/mol. The number of aliphatic hydroxyl groups is 1. The molecule has 0 aliphatic carbocycles. The zero-order valence-electron chi connectivity index (χ0n) is 16.9. The van der Waals surface area contributed by atoms with Gasteiger partial charge in [-0.2, -0.15) is 0 Å². The number of hydrogen-bond acceptors (Lipinski definition) is 6. The number of Topliss-reactive ketones (excluding diaryl/α,β-unsaturated/α-hetero) is 1. The molecule has 0 radical (unpaired) electrons. The van der Waals surface area contributed by atoms with Crippen LogP contribution in [0.2, 0.25) is 0 Å². The van der Waals surface area contributed by atoms with E-state index in [0.717, 1.165) is 4.90 Å². The van der Waals surface area contributed by atoms with Crippen molar-refractivity contribution in [2.24, 2.45) is 0 Å². The smallest absolute Gasteiger partial charge is 0.335 e. The largest absolute Gasteiger partial charge is 0.507 e. The summed E-state index contributed by atoms with van der Waals surface area (Å²) in [5.74, 6) is -3.50. The van der Waals surface area contributed by atoms with Gasteiger partial charge in [0.05, 0.1) is 22.1 Å². The first-order chi connectivity index (χ1) is 15.8. The topological polar surface area (TPSA) is 138 Å². The Morgan fingerprint density at radius 2 is 1.55 bits per heavy atom. The number of nitrogens with zero attached hydrogens (tertiary/aromatic N) is 2. The Morgan fingerprint density at radius 3 is 2.15 bits per heavy atom. The number of anilines is 1. The Hall–Kier alpha value is -4.79. The summed E-state index contributed by atoms with van der Waals surface area (Å²) in [6.45, 7) is 0. The molecule has 4 rings (SSSR count). The molecule has 1 atom stereocenters. The summed E-state index contributed by atoms with van der Waals surface area (Å²) in [6.07, 6.45) is 0. The number of ketones is 1. The average molecular weight is 444 g/mol. The van der Waals surface area contributed by atoms with Crippen LogP contribution < -0.4 is 4.90 Å². The van der Waals surface area contributed by atoms with Crippen molar-refractivity contribution >= 4 is 34.8 Å². The van der Waals surface area contributed by atoms with Gasteiger partial charge in [-0.25, -0.2) is 4.79 Å². The maximum atomic E-state index is 13.1. The van der Waals surface area contributed by atoms with Gasteiger partial charge in [-0.15, -0.1) is 0 Å². The standard InChI is InChI=1S/C24H16N2O7/c27-21(14-5-2-1-3-6-14)19-20(16-7-4-8-18(13-16)26(32)33)25(23(29)22(19)28)17-11-9-15(10-12-17)24(30)31/h1-13,20,27H,(H,30,31). The van der Waals surface area contributed by atoms with Crippen LogP contribution in [0.5, 0.6) is 0 Å². The molecular formula is C24H16N2O7. The van der Waals surface area contributed by atoms with Crippen LogP contribution in [0, 0.1) is 10.1 Å². The Balaban J connectivity index is 1.94. The number of nitro benzene ring substituents is 1. The second-order valence-corrected chi connectivity index (χ2v) is 7.24. The van der Waals surface area contributed by atoms with Gasteiger partial charge in [0.15, 0.2) is 0 Å². The van der Waals surface area contributed by atoms with Gasteiger partial charge in [-0.3, -0.25) is 24.6 Å². The number of hydrogen-bond donors (Lipinski definition) is 2. The van der Waals surface area contributed by atoms with E-state index in [-0.39, 0.29) is 28.1 Å². The zero-order chi connectivity index (χ0) is 23.7. The molecule has 1 fully saturated rings. The molecule has 1 aliphatic heterocycles. The third-order valence-electron chi connectivity index (χ3n) is 5.28. The Labute approximate surface area is 187 Å². The maximum Gasteiger partial charge on any atom is 0.335 e. The van der Waals surface area contributed by atoms with Gasteiger partial charge in [0.25, 0.3) is 17.4 Å². The van der Waals surface area contributed by atoms with Crippen LogP contribution in [0.25, 0.3) is 5.76 Å². The molecule has 0 bridgehead atoms. The lowest BCUT2D eigenvalue weighted by Gasteiger charge is -2.25. The van der Waals surface area contributed by atoms with Crippen molar-refractivity contribution in [3.8, 4) is 0 Å². The minimum Gasteiger partial charge on any atom is -0.507 e. The van der Waals surface area contributed by atoms with Gasteiger partial charge in [0, 0.05) is 23.4 Å². The number of nitro groups is 1. The predicted octanol–water partition coefficient (Wildman–Crippen LogP) is 3.92. The van der Waals surface area contributed by atoms with E-state index in [0.29, 0.717) is 5.56 Å². The molecule has 9 nitrogen and oxygen atoms in total. The predicted molar refractivity (Wildman–Crippen MR) is 118 cm³/mol. The Morgan fingerprint density at radius 1 is 0.879 bits per heavy atom. The molecule has 9 heteroatoms. The second-order valence-electron chi connectivity index (χ2n) is 7.24. The highest BCUT2D eigenvalue weighted by Crippen LogP contribution is 2.42. The molecule has 33 heavy (non-hydrogen) atoms. The van der Waals surface area contributed by atoms with E-state index in [4.69, 9.17) is 5.11 Å². The highest BCUT2D eigenvalue weighted by molar-refractivity contribution is 6.51. The lowest BCUT2D eigenvalue weighted by atomic mass is 9.94. The molecule has 1 unspecified atom stereocenters. The summed E-state index contributed by atoms with van der Waals surface area (Å²) in [4.78, 5) is 49.1. The van der Waals surface area contributed by atoms with E-state index in [2.05, 4.69) is 0 Å². The van der Waals surface area contributed by atoms with E-state index in [1.54, 1.807) is 30.3 Å². The highest BCUT2D eigenvalue weighted by atomic mass is 16.6. The minimum absolute atomic E-state index is 0.0217. The fourth-order valence-electron chi connectivity index (χ4n) is 3.74. The second kappa shape index (κ2) is 8.39. The van der Waals surface area contributed by atoms with Crippen molar-refractivity contribution in [2.75, 3.05) is 4.90 Å². The molecule has 0 saturated carbocycles. The van der Waals surface area contributed by atoms with Crippen LogP contribution in [0.15, 0.2) is 84.4 Å². The summed E-state index contributed by atoms with van der Waals surface area (Å²) < 4.78 is 0. The minimum atomic E-state index is -1.17. The number of amides is 1. The number of aliphatic hydroxyl groups excluding tert-OH is 1. The van der Waals surface area contributed by atoms with Gasteiger partial charge >= 0.3 is 5.97 Å². The molecule has 164 valence electrons. The number of rotatable bonds is 5. The molecule has 0 aromatic heterocycles. The highest BCUT2D eigenvalue weighted by Gasteiger charge is 2.47. The van der Waals surface area contributed by atoms with Crippen LogP contribution in [-0.4, -0.2) is 32.8 Å². The van der Waals surface area contributed by atoms with Crippen molar-refractivity contribution in [1.82, 2.24) is 0 Å². The Bertz CT molecular complexity index is 1310. The number of non-ortho nitro benzene ring substituents is 1. The third-order valence-corrected chi connectivity index (χ3v) is 5.28. The summed E-state index contributed by atoms with van der Waals surface area (Å²) in [5.41, 5.74) is 0.237. The van der Waals surface area contributed by atoms with Crippen LogP contribution in [0.1, 0.15) is 27.5 Å². The average Bonchev–Trinajstić information content (AvgIpc) is 3.09.